The number of alkyl halides is 3. The number of benzene rings is 2. The molecule has 0 aliphatic carbocycles. The molecular weight excluding hydrogens is 516 g/mol. The lowest BCUT2D eigenvalue weighted by Crippen LogP contribution is -2.23. The number of hydrogen-bond donors (Lipinski definition) is 1. The number of carbonyl (C=O) groups excluding carboxylic acids is 1. The van der Waals surface area contributed by atoms with E-state index >= 15 is 0 Å². The van der Waals surface area contributed by atoms with Crippen LogP contribution in [0.25, 0.3) is 0 Å². The van der Waals surface area contributed by atoms with Gasteiger partial charge in [0, 0.05) is 43.0 Å². The molecule has 2 aromatic carbocycles. The Bertz CT molecular complexity index is 1020. The van der Waals surface area contributed by atoms with E-state index in [1.807, 2.05) is 54.7 Å². The molecule has 0 aliphatic heterocycles. The first-order valence-corrected chi connectivity index (χ1v) is 12.4. The van der Waals surface area contributed by atoms with Gasteiger partial charge >= 0.3 is 6.36 Å². The molecule has 2 aromatic rings. The first-order chi connectivity index (χ1) is 18.4. The number of allylic oxidation sites excluding steroid dienone is 3. The summed E-state index contributed by atoms with van der Waals surface area (Å²) in [5.41, 5.74) is 2.74. The van der Waals surface area contributed by atoms with E-state index in [0.29, 0.717) is 23.5 Å². The SMILES string of the molecule is C=C(C)/C=C(/C)NC.CC.CC.COc1ccc(CN(C=O)Cc2cccc(OC(F)(F)F)c2F)c(OC)c1. The average Bonchev–Trinajstić information content (AvgIpc) is 2.92. The van der Waals surface area contributed by atoms with Gasteiger partial charge in [0.2, 0.25) is 6.41 Å². The van der Waals surface area contributed by atoms with E-state index in [0.717, 1.165) is 17.3 Å². The number of amides is 1. The Balaban J connectivity index is 0. The normalized spacial score (nSPS) is 10.2. The number of rotatable bonds is 10. The van der Waals surface area contributed by atoms with E-state index in [2.05, 4.69) is 16.6 Å². The van der Waals surface area contributed by atoms with Gasteiger partial charge in [0.05, 0.1) is 14.2 Å². The molecule has 0 saturated carbocycles. The van der Waals surface area contributed by atoms with Gasteiger partial charge in [0.25, 0.3) is 0 Å². The summed E-state index contributed by atoms with van der Waals surface area (Å²) in [7, 11) is 4.83. The van der Waals surface area contributed by atoms with Crippen LogP contribution in [0.3, 0.4) is 0 Å². The van der Waals surface area contributed by atoms with Crippen LogP contribution in [-0.4, -0.2) is 38.9 Å². The number of halogens is 4. The molecule has 220 valence electrons. The maximum Gasteiger partial charge on any atom is 0.573 e. The fourth-order valence-electron chi connectivity index (χ4n) is 2.87. The van der Waals surface area contributed by atoms with Gasteiger partial charge in [0.1, 0.15) is 11.5 Å². The van der Waals surface area contributed by atoms with Crippen molar-refractivity contribution in [2.24, 2.45) is 0 Å². The Labute approximate surface area is 230 Å². The monoisotopic (exact) mass is 558 g/mol. The highest BCUT2D eigenvalue weighted by Gasteiger charge is 2.32. The lowest BCUT2D eigenvalue weighted by molar-refractivity contribution is -0.275. The molecule has 6 nitrogen and oxygen atoms in total. The Morgan fingerprint density at radius 3 is 2.00 bits per heavy atom. The molecule has 10 heteroatoms. The number of nitrogens with one attached hydrogen (secondary N) is 1. The second-order valence-electron chi connectivity index (χ2n) is 7.39. The topological polar surface area (TPSA) is 60.0 Å². The second-order valence-corrected chi connectivity index (χ2v) is 7.39. The number of hydrogen-bond acceptors (Lipinski definition) is 5. The van der Waals surface area contributed by atoms with Crippen molar-refractivity contribution >= 4 is 6.41 Å². The number of carbonyl (C=O) groups is 1. The quantitative estimate of drug-likeness (QED) is 0.185. The van der Waals surface area contributed by atoms with Crippen molar-refractivity contribution in [3.05, 3.63) is 77.3 Å². The molecule has 0 aliphatic rings. The van der Waals surface area contributed by atoms with Crippen molar-refractivity contribution in [1.29, 1.82) is 0 Å². The molecule has 1 amide bonds. The maximum absolute atomic E-state index is 14.3. The Hall–Kier alpha value is -3.69. The standard InChI is InChI=1S/C18H17F4NO4.C7H13N.2C2H6/c1-25-14-7-6-12(16(8-14)26-2)9-23(11-24)10-13-4-3-5-15(17(13)19)27-18(20,21)22;1-6(2)5-7(3)8-4;2*1-2/h3-8,11H,9-10H2,1-2H3;5,8H,1H2,2-4H3;2*1-2H3/b;7-5-;;. The van der Waals surface area contributed by atoms with Crippen molar-refractivity contribution in [2.75, 3.05) is 21.3 Å². The molecule has 0 bridgehead atoms. The molecule has 2 rings (SSSR count). The summed E-state index contributed by atoms with van der Waals surface area (Å²) < 4.78 is 65.3. The molecule has 0 atom stereocenters. The van der Waals surface area contributed by atoms with Gasteiger partial charge in [-0.3, -0.25) is 4.79 Å². The van der Waals surface area contributed by atoms with Crippen LogP contribution in [0.5, 0.6) is 17.2 Å². The first kappa shape index (κ1) is 37.5. The van der Waals surface area contributed by atoms with Gasteiger partial charge in [-0.25, -0.2) is 4.39 Å². The van der Waals surface area contributed by atoms with Crippen molar-refractivity contribution in [1.82, 2.24) is 10.2 Å². The summed E-state index contributed by atoms with van der Waals surface area (Å²) in [6.07, 6.45) is -2.54. The smallest absolute Gasteiger partial charge is 0.497 e. The van der Waals surface area contributed by atoms with E-state index in [9.17, 15) is 22.4 Å². The Kier molecular flexibility index (Phi) is 19.5. The minimum Gasteiger partial charge on any atom is -0.497 e. The summed E-state index contributed by atoms with van der Waals surface area (Å²) in [6.45, 7) is 15.5. The van der Waals surface area contributed by atoms with Gasteiger partial charge in [-0.2, -0.15) is 0 Å². The van der Waals surface area contributed by atoms with Crippen LogP contribution in [0, 0.1) is 5.82 Å². The second kappa shape index (κ2) is 20.3. The predicted octanol–water partition coefficient (Wildman–Crippen LogP) is 7.64. The summed E-state index contributed by atoms with van der Waals surface area (Å²) in [5.74, 6) is -1.12. The van der Waals surface area contributed by atoms with Gasteiger partial charge in [-0.1, -0.05) is 52.0 Å². The molecule has 1 N–H and O–H groups in total. The molecule has 0 fully saturated rings. The first-order valence-electron chi connectivity index (χ1n) is 12.4. The van der Waals surface area contributed by atoms with Gasteiger partial charge in [-0.05, 0) is 38.1 Å². The van der Waals surface area contributed by atoms with Gasteiger partial charge < -0.3 is 24.4 Å². The zero-order chi connectivity index (χ0) is 30.6. The van der Waals surface area contributed by atoms with E-state index in [-0.39, 0.29) is 18.7 Å². The molecule has 0 radical (unpaired) electrons. The predicted molar refractivity (Wildman–Crippen MR) is 148 cm³/mol. The fraction of sp³-hybridized carbons (Fsp3) is 0.414. The third-order valence-corrected chi connectivity index (χ3v) is 4.52. The summed E-state index contributed by atoms with van der Waals surface area (Å²) in [5, 5.41) is 3.00. The zero-order valence-corrected chi connectivity index (χ0v) is 24.3. The number of methoxy groups -OCH3 is 2. The molecule has 0 spiro atoms. The van der Waals surface area contributed by atoms with Gasteiger partial charge in [0.15, 0.2) is 11.6 Å². The third-order valence-electron chi connectivity index (χ3n) is 4.52. The van der Waals surface area contributed by atoms with E-state index in [4.69, 9.17) is 9.47 Å². The van der Waals surface area contributed by atoms with Crippen LogP contribution in [0.15, 0.2) is 60.3 Å². The zero-order valence-electron chi connectivity index (χ0n) is 24.3. The van der Waals surface area contributed by atoms with Gasteiger partial charge in [-0.15, -0.1) is 13.2 Å². The third kappa shape index (κ3) is 15.3. The number of ether oxygens (including phenoxy) is 3. The minimum absolute atomic E-state index is 0.0560. The van der Waals surface area contributed by atoms with Crippen molar-refractivity contribution in [3.63, 3.8) is 0 Å². The lowest BCUT2D eigenvalue weighted by atomic mass is 10.1. The molecule has 0 unspecified atom stereocenters. The summed E-state index contributed by atoms with van der Waals surface area (Å²) >= 11 is 0. The summed E-state index contributed by atoms with van der Waals surface area (Å²) in [6, 6.07) is 8.32. The highest BCUT2D eigenvalue weighted by atomic mass is 19.4. The molecule has 0 saturated heterocycles. The van der Waals surface area contributed by atoms with Crippen LogP contribution >= 0.6 is 0 Å². The van der Waals surface area contributed by atoms with Crippen LogP contribution < -0.4 is 19.5 Å². The van der Waals surface area contributed by atoms with Crippen molar-refractivity contribution in [2.45, 2.75) is 61.0 Å². The molecule has 39 heavy (non-hydrogen) atoms. The van der Waals surface area contributed by atoms with Crippen LogP contribution in [0.2, 0.25) is 0 Å². The van der Waals surface area contributed by atoms with E-state index < -0.39 is 17.9 Å². The fourth-order valence-corrected chi connectivity index (χ4v) is 2.87. The van der Waals surface area contributed by atoms with Crippen molar-refractivity contribution in [3.8, 4) is 17.2 Å². The lowest BCUT2D eigenvalue weighted by Gasteiger charge is -2.20. The van der Waals surface area contributed by atoms with Crippen molar-refractivity contribution < 1.29 is 36.6 Å². The molecule has 0 heterocycles. The highest BCUT2D eigenvalue weighted by molar-refractivity contribution is 5.50. The van der Waals surface area contributed by atoms with Crippen LogP contribution in [-0.2, 0) is 17.9 Å². The molecule has 0 aromatic heterocycles. The Morgan fingerprint density at radius 2 is 1.56 bits per heavy atom. The molecular formula is C29H42F4N2O4. The van der Waals surface area contributed by atoms with E-state index in [1.165, 1.54) is 31.3 Å². The highest BCUT2D eigenvalue weighted by Crippen LogP contribution is 2.29. The summed E-state index contributed by atoms with van der Waals surface area (Å²) in [4.78, 5) is 12.6. The minimum atomic E-state index is -5.01. The maximum atomic E-state index is 14.3. The average molecular weight is 559 g/mol. The van der Waals surface area contributed by atoms with Crippen LogP contribution in [0.4, 0.5) is 17.6 Å². The van der Waals surface area contributed by atoms with Crippen LogP contribution in [0.1, 0.15) is 52.7 Å². The Morgan fingerprint density at radius 1 is 0.974 bits per heavy atom. The van der Waals surface area contributed by atoms with E-state index in [1.54, 1.807) is 18.2 Å². The largest absolute Gasteiger partial charge is 0.573 e. The number of nitrogens with zero attached hydrogens (tertiary/aromatic N) is 1.